The van der Waals surface area contributed by atoms with Gasteiger partial charge in [-0.1, -0.05) is 12.8 Å². The Balaban J connectivity index is 1.77. The van der Waals surface area contributed by atoms with Crippen LogP contribution in [0.25, 0.3) is 0 Å². The van der Waals surface area contributed by atoms with Gasteiger partial charge in [-0.15, -0.1) is 0 Å². The lowest BCUT2D eigenvalue weighted by molar-refractivity contribution is -0.150. The van der Waals surface area contributed by atoms with Crippen molar-refractivity contribution in [3.63, 3.8) is 0 Å². The topological polar surface area (TPSA) is 88.2 Å². The summed E-state index contributed by atoms with van der Waals surface area (Å²) >= 11 is 0. The van der Waals surface area contributed by atoms with E-state index in [0.29, 0.717) is 18.8 Å². The summed E-state index contributed by atoms with van der Waals surface area (Å²) in [6.07, 6.45) is 5.93. The largest absolute Gasteiger partial charge is 0.456 e. The van der Waals surface area contributed by atoms with Gasteiger partial charge in [-0.25, -0.2) is 4.98 Å². The van der Waals surface area contributed by atoms with E-state index < -0.39 is 5.97 Å². The molecule has 1 aromatic rings. The number of carbonyl (C=O) groups excluding carboxylic acids is 2. The van der Waals surface area contributed by atoms with Gasteiger partial charge >= 0.3 is 5.97 Å². The van der Waals surface area contributed by atoms with Gasteiger partial charge in [0, 0.05) is 13.0 Å². The van der Waals surface area contributed by atoms with E-state index in [0.717, 1.165) is 25.7 Å². The van der Waals surface area contributed by atoms with Gasteiger partial charge in [-0.05, 0) is 12.8 Å². The molecule has 1 aliphatic rings. The minimum Gasteiger partial charge on any atom is -0.456 e. The quantitative estimate of drug-likeness (QED) is 0.808. The molecule has 0 radical (unpaired) electrons. The Bertz CT molecular complexity index is 419. The van der Waals surface area contributed by atoms with Gasteiger partial charge in [-0.3, -0.25) is 14.7 Å². The maximum Gasteiger partial charge on any atom is 0.326 e. The van der Waals surface area contributed by atoms with Gasteiger partial charge in [0.15, 0.2) is 12.4 Å². The van der Waals surface area contributed by atoms with Crippen LogP contribution in [0, 0.1) is 0 Å². The number of aromatic nitrogens is 3. The molecule has 7 heteroatoms. The van der Waals surface area contributed by atoms with Crippen molar-refractivity contribution >= 4 is 11.9 Å². The number of nitrogens with one attached hydrogen (secondary N) is 1. The molecule has 2 heterocycles. The fourth-order valence-corrected chi connectivity index (χ4v) is 2.03. The lowest BCUT2D eigenvalue weighted by Gasteiger charge is -2.23. The highest BCUT2D eigenvalue weighted by Crippen LogP contribution is 2.11. The van der Waals surface area contributed by atoms with Gasteiger partial charge in [0.2, 0.25) is 5.91 Å². The van der Waals surface area contributed by atoms with Crippen LogP contribution in [0.1, 0.15) is 37.9 Å². The molecule has 0 unspecified atom stereocenters. The second-order valence-electron chi connectivity index (χ2n) is 4.57. The maximum atomic E-state index is 11.8. The number of likely N-dealkylation sites (tertiary alicyclic amines) is 1. The van der Waals surface area contributed by atoms with Gasteiger partial charge in [0.05, 0.1) is 0 Å². The molecule has 0 aliphatic carbocycles. The molecule has 2 rings (SSSR count). The number of nitrogens with zero attached hydrogens (tertiary/aromatic N) is 3. The Morgan fingerprint density at radius 3 is 3.00 bits per heavy atom. The summed E-state index contributed by atoms with van der Waals surface area (Å²) in [5.41, 5.74) is 0. The van der Waals surface area contributed by atoms with Crippen LogP contribution in [-0.2, 0) is 20.9 Å². The summed E-state index contributed by atoms with van der Waals surface area (Å²) in [5, 5.41) is 6.26. The molecular weight excluding hydrogens is 248 g/mol. The molecule has 1 fully saturated rings. The van der Waals surface area contributed by atoms with Crippen molar-refractivity contribution in [2.75, 3.05) is 13.1 Å². The smallest absolute Gasteiger partial charge is 0.326 e. The van der Waals surface area contributed by atoms with Crippen LogP contribution in [0.5, 0.6) is 0 Å². The molecule has 0 atom stereocenters. The van der Waals surface area contributed by atoms with E-state index in [4.69, 9.17) is 4.74 Å². The summed E-state index contributed by atoms with van der Waals surface area (Å²) in [4.78, 5) is 28.9. The third-order valence-corrected chi connectivity index (χ3v) is 3.08. The van der Waals surface area contributed by atoms with E-state index in [-0.39, 0.29) is 19.1 Å². The average Bonchev–Trinajstić information content (AvgIpc) is 2.89. The number of esters is 1. The van der Waals surface area contributed by atoms with Gasteiger partial charge in [0.1, 0.15) is 12.9 Å². The fourth-order valence-electron chi connectivity index (χ4n) is 2.03. The van der Waals surface area contributed by atoms with Crippen molar-refractivity contribution in [1.29, 1.82) is 0 Å². The summed E-state index contributed by atoms with van der Waals surface area (Å²) in [6, 6.07) is 0. The van der Waals surface area contributed by atoms with E-state index in [1.807, 2.05) is 0 Å². The zero-order valence-corrected chi connectivity index (χ0v) is 10.8. The molecular formula is C12H18N4O3. The number of ether oxygens (including phenoxy) is 1. The van der Waals surface area contributed by atoms with Crippen LogP contribution in [0.3, 0.4) is 0 Å². The summed E-state index contributed by atoms with van der Waals surface area (Å²) in [7, 11) is 0. The van der Waals surface area contributed by atoms with E-state index in [1.165, 1.54) is 6.33 Å². The zero-order chi connectivity index (χ0) is 13.5. The summed E-state index contributed by atoms with van der Waals surface area (Å²) in [6.45, 7) is 0.712. The first-order chi connectivity index (χ1) is 9.25. The van der Waals surface area contributed by atoms with E-state index in [9.17, 15) is 9.59 Å². The molecule has 104 valence electrons. The molecule has 1 saturated heterocycles. The number of hydrogen-bond acceptors (Lipinski definition) is 5. The van der Waals surface area contributed by atoms with Crippen molar-refractivity contribution in [1.82, 2.24) is 20.1 Å². The monoisotopic (exact) mass is 266 g/mol. The molecule has 0 aromatic carbocycles. The van der Waals surface area contributed by atoms with E-state index >= 15 is 0 Å². The summed E-state index contributed by atoms with van der Waals surface area (Å²) < 4.78 is 5.04. The molecule has 0 spiro atoms. The van der Waals surface area contributed by atoms with Crippen molar-refractivity contribution in [2.24, 2.45) is 0 Å². The zero-order valence-electron chi connectivity index (χ0n) is 10.8. The van der Waals surface area contributed by atoms with Crippen molar-refractivity contribution in [2.45, 2.75) is 38.7 Å². The van der Waals surface area contributed by atoms with Crippen molar-refractivity contribution in [3.8, 4) is 0 Å². The lowest BCUT2D eigenvalue weighted by atomic mass is 10.1. The van der Waals surface area contributed by atoms with E-state index in [1.54, 1.807) is 4.90 Å². The highest BCUT2D eigenvalue weighted by atomic mass is 16.5. The van der Waals surface area contributed by atoms with Gasteiger partial charge in [0.25, 0.3) is 0 Å². The predicted molar refractivity (Wildman–Crippen MR) is 65.8 cm³/mol. The standard InChI is InChI=1S/C12H18N4O3/c17-11-5-3-1-2-4-6-16(11)7-12(18)19-8-10-13-9-14-15-10/h9H,1-8H2,(H,13,14,15). The van der Waals surface area contributed by atoms with Gasteiger partial charge in [-0.2, -0.15) is 5.10 Å². The molecule has 1 amide bonds. The fraction of sp³-hybridized carbons (Fsp3) is 0.667. The molecule has 1 N–H and O–H groups in total. The highest BCUT2D eigenvalue weighted by molar-refractivity contribution is 5.82. The predicted octanol–water partition coefficient (Wildman–Crippen LogP) is 0.641. The molecule has 19 heavy (non-hydrogen) atoms. The highest BCUT2D eigenvalue weighted by Gasteiger charge is 2.19. The van der Waals surface area contributed by atoms with Gasteiger partial charge < -0.3 is 9.64 Å². The van der Waals surface area contributed by atoms with Crippen LogP contribution in [0.15, 0.2) is 6.33 Å². The van der Waals surface area contributed by atoms with Crippen LogP contribution in [0.4, 0.5) is 0 Å². The number of aromatic amines is 1. The Morgan fingerprint density at radius 1 is 1.37 bits per heavy atom. The molecule has 7 nitrogen and oxygen atoms in total. The van der Waals surface area contributed by atoms with E-state index in [2.05, 4.69) is 15.2 Å². The molecule has 1 aromatic heterocycles. The Labute approximate surface area is 111 Å². The van der Waals surface area contributed by atoms with Crippen LogP contribution in [0.2, 0.25) is 0 Å². The second kappa shape index (κ2) is 6.86. The van der Waals surface area contributed by atoms with Crippen LogP contribution >= 0.6 is 0 Å². The number of carbonyl (C=O) groups is 2. The Morgan fingerprint density at radius 2 is 2.21 bits per heavy atom. The minimum absolute atomic E-state index is 0.0208. The average molecular weight is 266 g/mol. The number of rotatable bonds is 4. The first kappa shape index (κ1) is 13.5. The molecule has 0 bridgehead atoms. The Kier molecular flexibility index (Phi) is 4.88. The third-order valence-electron chi connectivity index (χ3n) is 3.08. The van der Waals surface area contributed by atoms with Crippen LogP contribution in [-0.4, -0.2) is 45.0 Å². The maximum absolute atomic E-state index is 11.8. The minimum atomic E-state index is -0.412. The SMILES string of the molecule is O=C(CN1CCCCCCC1=O)OCc1ncn[nH]1. The van der Waals surface area contributed by atoms with Crippen LogP contribution < -0.4 is 0 Å². The van der Waals surface area contributed by atoms with Crippen molar-refractivity contribution in [3.05, 3.63) is 12.2 Å². The number of hydrogen-bond donors (Lipinski definition) is 1. The Hall–Kier alpha value is -1.92. The number of H-pyrrole nitrogens is 1. The summed E-state index contributed by atoms with van der Waals surface area (Å²) in [5.74, 6) is 0.119. The normalized spacial score (nSPS) is 16.8. The second-order valence-corrected chi connectivity index (χ2v) is 4.57. The molecule has 0 saturated carbocycles. The lowest BCUT2D eigenvalue weighted by Crippen LogP contribution is -2.37. The first-order valence-electron chi connectivity index (χ1n) is 6.53. The van der Waals surface area contributed by atoms with Crippen molar-refractivity contribution < 1.29 is 14.3 Å². The third kappa shape index (κ3) is 4.35. The first-order valence-corrected chi connectivity index (χ1v) is 6.53. The number of amides is 1. The molecule has 1 aliphatic heterocycles.